The second-order valence-corrected chi connectivity index (χ2v) is 8.55. The van der Waals surface area contributed by atoms with Crippen LogP contribution in [0.3, 0.4) is 0 Å². The number of hydroxylamine groups is 2. The third kappa shape index (κ3) is 7.16. The van der Waals surface area contributed by atoms with E-state index in [0.29, 0.717) is 10.1 Å². The van der Waals surface area contributed by atoms with Crippen LogP contribution in [0.5, 0.6) is 5.75 Å². The van der Waals surface area contributed by atoms with Gasteiger partial charge in [-0.25, -0.2) is 21.9 Å². The number of nitrogens with one attached hydrogen (secondary N) is 1. The van der Waals surface area contributed by atoms with Gasteiger partial charge >= 0.3 is 5.97 Å². The zero-order valence-electron chi connectivity index (χ0n) is 16.3. The molecule has 2 rings (SSSR count). The summed E-state index contributed by atoms with van der Waals surface area (Å²) in [6.45, 7) is 0.513. The Kier molecular flexibility index (Phi) is 8.31. The van der Waals surface area contributed by atoms with Crippen molar-refractivity contribution in [2.24, 2.45) is 0 Å². The Morgan fingerprint density at radius 1 is 1.16 bits per heavy atom. The molecule has 2 aromatic rings. The molecule has 0 aliphatic rings. The van der Waals surface area contributed by atoms with E-state index in [1.165, 1.54) is 24.3 Å². The zero-order chi connectivity index (χ0) is 23.2. The van der Waals surface area contributed by atoms with Crippen molar-refractivity contribution in [3.05, 3.63) is 58.6 Å². The standard InChI is InChI=1S/C19H19ClF2N2O6S/c1-12(25)24(9-7-18(26)27)30-19-16(21)10-13(11-17(19)22)6-8-23-31(28,29)15-4-2-14(20)3-5-15/h2-5,10-11,23H,6-9H2,1H3,(H,26,27). The molecule has 12 heteroatoms. The van der Waals surface area contributed by atoms with Gasteiger partial charge < -0.3 is 9.94 Å². The Labute approximate surface area is 182 Å². The summed E-state index contributed by atoms with van der Waals surface area (Å²) in [5, 5.41) is 9.59. The predicted molar refractivity (Wildman–Crippen MR) is 107 cm³/mol. The van der Waals surface area contributed by atoms with E-state index in [-0.39, 0.29) is 23.4 Å². The lowest BCUT2D eigenvalue weighted by Gasteiger charge is -2.21. The zero-order valence-corrected chi connectivity index (χ0v) is 17.8. The van der Waals surface area contributed by atoms with Gasteiger partial charge in [-0.1, -0.05) is 11.6 Å². The van der Waals surface area contributed by atoms with Gasteiger partial charge in [0.15, 0.2) is 11.6 Å². The Morgan fingerprint density at radius 2 is 1.74 bits per heavy atom. The SMILES string of the molecule is CC(=O)N(CCC(=O)O)Oc1c(F)cc(CCNS(=O)(=O)c2ccc(Cl)cc2)cc1F. The number of sulfonamides is 1. The van der Waals surface area contributed by atoms with Crippen LogP contribution in [0.15, 0.2) is 41.3 Å². The summed E-state index contributed by atoms with van der Waals surface area (Å²) in [6.07, 6.45) is -0.509. The monoisotopic (exact) mass is 476 g/mol. The molecule has 0 bridgehead atoms. The van der Waals surface area contributed by atoms with E-state index in [0.717, 1.165) is 19.1 Å². The highest BCUT2D eigenvalue weighted by Gasteiger charge is 2.20. The maximum atomic E-state index is 14.3. The fourth-order valence-electron chi connectivity index (χ4n) is 2.45. The van der Waals surface area contributed by atoms with Gasteiger partial charge in [-0.2, -0.15) is 5.06 Å². The van der Waals surface area contributed by atoms with Crippen molar-refractivity contribution in [2.45, 2.75) is 24.7 Å². The molecule has 2 aromatic carbocycles. The van der Waals surface area contributed by atoms with Crippen LogP contribution in [0, 0.1) is 11.6 Å². The Morgan fingerprint density at radius 3 is 2.26 bits per heavy atom. The van der Waals surface area contributed by atoms with Crippen LogP contribution in [-0.2, 0) is 26.0 Å². The van der Waals surface area contributed by atoms with Gasteiger partial charge in [0.2, 0.25) is 15.8 Å². The van der Waals surface area contributed by atoms with E-state index < -0.39 is 52.2 Å². The molecule has 0 aliphatic carbocycles. The molecule has 31 heavy (non-hydrogen) atoms. The summed E-state index contributed by atoms with van der Waals surface area (Å²) in [7, 11) is -3.83. The number of halogens is 3. The van der Waals surface area contributed by atoms with Gasteiger partial charge in [-0.05, 0) is 48.4 Å². The minimum atomic E-state index is -3.83. The number of aliphatic carboxylic acids is 1. The fraction of sp³-hybridized carbons (Fsp3) is 0.263. The third-order valence-electron chi connectivity index (χ3n) is 3.97. The highest BCUT2D eigenvalue weighted by Crippen LogP contribution is 2.25. The summed E-state index contributed by atoms with van der Waals surface area (Å²) in [5.41, 5.74) is 0.140. The number of carbonyl (C=O) groups excluding carboxylic acids is 1. The van der Waals surface area contributed by atoms with Crippen molar-refractivity contribution in [3.8, 4) is 5.75 Å². The van der Waals surface area contributed by atoms with Crippen molar-refractivity contribution in [2.75, 3.05) is 13.1 Å². The predicted octanol–water partition coefficient (Wildman–Crippen LogP) is 2.76. The van der Waals surface area contributed by atoms with Gasteiger partial charge in [0.1, 0.15) is 0 Å². The van der Waals surface area contributed by atoms with Crippen LogP contribution < -0.4 is 9.56 Å². The number of carbonyl (C=O) groups is 2. The Hall–Kier alpha value is -2.76. The van der Waals surface area contributed by atoms with Crippen LogP contribution in [0.1, 0.15) is 18.9 Å². The molecule has 0 unspecified atom stereocenters. The van der Waals surface area contributed by atoms with Crippen LogP contribution in [-0.4, -0.2) is 43.6 Å². The maximum Gasteiger partial charge on any atom is 0.305 e. The van der Waals surface area contributed by atoms with Gasteiger partial charge in [-0.15, -0.1) is 0 Å². The summed E-state index contributed by atoms with van der Waals surface area (Å²) < 4.78 is 55.4. The van der Waals surface area contributed by atoms with E-state index in [4.69, 9.17) is 21.5 Å². The largest absolute Gasteiger partial charge is 0.481 e. The highest BCUT2D eigenvalue weighted by molar-refractivity contribution is 7.89. The molecule has 0 aliphatic heterocycles. The molecule has 0 saturated carbocycles. The molecule has 0 saturated heterocycles. The van der Waals surface area contributed by atoms with E-state index in [2.05, 4.69) is 4.72 Å². The summed E-state index contributed by atoms with van der Waals surface area (Å²) in [4.78, 5) is 27.1. The minimum absolute atomic E-state index is 0.0105. The lowest BCUT2D eigenvalue weighted by atomic mass is 10.1. The molecule has 0 heterocycles. The first-order valence-electron chi connectivity index (χ1n) is 8.90. The van der Waals surface area contributed by atoms with Crippen molar-refractivity contribution in [1.29, 1.82) is 0 Å². The van der Waals surface area contributed by atoms with Crippen molar-refractivity contribution in [3.63, 3.8) is 0 Å². The third-order valence-corrected chi connectivity index (χ3v) is 5.70. The maximum absolute atomic E-state index is 14.3. The average Bonchev–Trinajstić information content (AvgIpc) is 2.66. The molecular formula is C19H19ClF2N2O6S. The number of carboxylic acid groups (broad SMARTS) is 1. The number of nitrogens with zero attached hydrogens (tertiary/aromatic N) is 1. The molecule has 1 amide bonds. The van der Waals surface area contributed by atoms with Crippen molar-refractivity contribution in [1.82, 2.24) is 9.79 Å². The number of hydrogen-bond acceptors (Lipinski definition) is 5. The Balaban J connectivity index is 2.05. The molecule has 0 radical (unpaired) electrons. The lowest BCUT2D eigenvalue weighted by Crippen LogP contribution is -2.34. The van der Waals surface area contributed by atoms with Crippen molar-refractivity contribution < 1.29 is 36.7 Å². The molecule has 2 N–H and O–H groups in total. The molecule has 8 nitrogen and oxygen atoms in total. The molecular weight excluding hydrogens is 458 g/mol. The van der Waals surface area contributed by atoms with Crippen LogP contribution >= 0.6 is 11.6 Å². The molecule has 168 valence electrons. The minimum Gasteiger partial charge on any atom is -0.481 e. The second-order valence-electron chi connectivity index (χ2n) is 6.35. The number of rotatable bonds is 10. The van der Waals surface area contributed by atoms with E-state index in [1.807, 2.05) is 0 Å². The Bertz CT molecular complexity index is 1040. The van der Waals surface area contributed by atoms with E-state index in [9.17, 15) is 26.8 Å². The first-order chi connectivity index (χ1) is 14.5. The lowest BCUT2D eigenvalue weighted by molar-refractivity contribution is -0.157. The molecule has 0 fully saturated rings. The fourth-order valence-corrected chi connectivity index (χ4v) is 3.60. The number of carboxylic acids is 1. The van der Waals surface area contributed by atoms with E-state index in [1.54, 1.807) is 0 Å². The van der Waals surface area contributed by atoms with Crippen LogP contribution in [0.4, 0.5) is 8.78 Å². The van der Waals surface area contributed by atoms with Crippen LogP contribution in [0.25, 0.3) is 0 Å². The topological polar surface area (TPSA) is 113 Å². The van der Waals surface area contributed by atoms with Gasteiger partial charge in [0.25, 0.3) is 5.91 Å². The smallest absolute Gasteiger partial charge is 0.305 e. The molecule has 0 atom stereocenters. The van der Waals surface area contributed by atoms with Gasteiger partial charge in [0.05, 0.1) is 17.9 Å². The average molecular weight is 477 g/mol. The number of amides is 1. The normalized spacial score (nSPS) is 11.2. The van der Waals surface area contributed by atoms with Gasteiger partial charge in [0, 0.05) is 18.5 Å². The highest BCUT2D eigenvalue weighted by atomic mass is 35.5. The number of hydrogen-bond donors (Lipinski definition) is 2. The second kappa shape index (κ2) is 10.5. The first-order valence-corrected chi connectivity index (χ1v) is 10.8. The van der Waals surface area contributed by atoms with Crippen molar-refractivity contribution >= 4 is 33.5 Å². The molecule has 0 spiro atoms. The number of benzene rings is 2. The summed E-state index contributed by atoms with van der Waals surface area (Å²) in [5.74, 6) is -5.08. The first kappa shape index (κ1) is 24.5. The quantitative estimate of drug-likeness (QED) is 0.510. The van der Waals surface area contributed by atoms with Crippen LogP contribution in [0.2, 0.25) is 5.02 Å². The summed E-state index contributed by atoms with van der Waals surface area (Å²) in [6, 6.07) is 7.35. The molecule has 0 aromatic heterocycles. The van der Waals surface area contributed by atoms with E-state index >= 15 is 0 Å². The van der Waals surface area contributed by atoms with Gasteiger partial charge in [-0.3, -0.25) is 9.59 Å². The summed E-state index contributed by atoms with van der Waals surface area (Å²) >= 11 is 5.72.